The third-order valence-corrected chi connectivity index (χ3v) is 4.66. The van der Waals surface area contributed by atoms with Crippen LogP contribution < -0.4 is 5.32 Å². The number of hydrogen-bond acceptors (Lipinski definition) is 4. The molecule has 0 fully saturated rings. The Bertz CT molecular complexity index is 878. The number of amides is 1. The van der Waals surface area contributed by atoms with Gasteiger partial charge in [0.25, 0.3) is 0 Å². The number of anilines is 1. The molecule has 0 aliphatic carbocycles. The summed E-state index contributed by atoms with van der Waals surface area (Å²) in [5, 5.41) is 11.8. The van der Waals surface area contributed by atoms with E-state index in [2.05, 4.69) is 5.32 Å². The summed E-state index contributed by atoms with van der Waals surface area (Å²) in [6.45, 7) is 1.40. The normalized spacial score (nSPS) is 11.6. The maximum absolute atomic E-state index is 12.4. The summed E-state index contributed by atoms with van der Waals surface area (Å²) in [5.74, 6) is -0.197. The quantitative estimate of drug-likeness (QED) is 0.875. The fourth-order valence-electron chi connectivity index (χ4n) is 1.91. The standard InChI is InChI=1S/C17H14N2O3S/c1-13(20)19-15-9-7-14(8-10-15)11-17(12-18)23(21,22)16-5-3-2-4-6-16/h2-11H,1H3,(H,19,20)/b17-11+. The number of benzene rings is 2. The monoisotopic (exact) mass is 326 g/mol. The predicted octanol–water partition coefficient (Wildman–Crippen LogP) is 2.98. The zero-order valence-electron chi connectivity index (χ0n) is 12.4. The Morgan fingerprint density at radius 3 is 2.22 bits per heavy atom. The van der Waals surface area contributed by atoms with Crippen molar-refractivity contribution in [3.8, 4) is 6.07 Å². The molecular weight excluding hydrogens is 312 g/mol. The summed E-state index contributed by atoms with van der Waals surface area (Å²) in [6, 6.07) is 16.1. The number of nitriles is 1. The molecule has 0 unspecified atom stereocenters. The van der Waals surface area contributed by atoms with Gasteiger partial charge in [-0.25, -0.2) is 8.42 Å². The van der Waals surface area contributed by atoms with Crippen LogP contribution in [-0.4, -0.2) is 14.3 Å². The summed E-state index contributed by atoms with van der Waals surface area (Å²) in [6.07, 6.45) is 1.31. The second-order valence-electron chi connectivity index (χ2n) is 4.74. The fraction of sp³-hybridized carbons (Fsp3) is 0.0588. The summed E-state index contributed by atoms with van der Waals surface area (Å²) < 4.78 is 24.9. The molecule has 0 saturated heterocycles. The van der Waals surface area contributed by atoms with Crippen molar-refractivity contribution >= 4 is 27.5 Å². The Hall–Kier alpha value is -2.91. The Morgan fingerprint density at radius 2 is 1.70 bits per heavy atom. The zero-order chi connectivity index (χ0) is 16.9. The lowest BCUT2D eigenvalue weighted by atomic mass is 10.2. The molecule has 1 amide bonds. The summed E-state index contributed by atoms with van der Waals surface area (Å²) in [7, 11) is -3.85. The van der Waals surface area contributed by atoms with Crippen LogP contribution in [0.1, 0.15) is 12.5 Å². The predicted molar refractivity (Wildman–Crippen MR) is 88.0 cm³/mol. The maximum Gasteiger partial charge on any atom is 0.221 e. The van der Waals surface area contributed by atoms with E-state index in [9.17, 15) is 18.5 Å². The Labute approximate surface area is 134 Å². The Balaban J connectivity index is 2.36. The first-order valence-corrected chi connectivity index (χ1v) is 8.21. The highest BCUT2D eigenvalue weighted by atomic mass is 32.2. The van der Waals surface area contributed by atoms with E-state index in [1.54, 1.807) is 48.5 Å². The van der Waals surface area contributed by atoms with Gasteiger partial charge < -0.3 is 5.32 Å². The van der Waals surface area contributed by atoms with Gasteiger partial charge in [-0.3, -0.25) is 4.79 Å². The minimum absolute atomic E-state index is 0.0719. The van der Waals surface area contributed by atoms with Crippen LogP contribution in [-0.2, 0) is 14.6 Å². The molecule has 0 atom stereocenters. The summed E-state index contributed by atoms with van der Waals surface area (Å²) in [4.78, 5) is 10.7. The number of carbonyl (C=O) groups is 1. The van der Waals surface area contributed by atoms with Gasteiger partial charge in [-0.15, -0.1) is 0 Å². The molecule has 5 nitrogen and oxygen atoms in total. The first-order chi connectivity index (χ1) is 10.9. The number of sulfone groups is 1. The maximum atomic E-state index is 12.4. The minimum atomic E-state index is -3.85. The van der Waals surface area contributed by atoms with Gasteiger partial charge in [-0.05, 0) is 35.9 Å². The number of hydrogen-bond donors (Lipinski definition) is 1. The molecule has 0 aromatic heterocycles. The molecular formula is C17H14N2O3S. The van der Waals surface area contributed by atoms with Gasteiger partial charge >= 0.3 is 0 Å². The van der Waals surface area contributed by atoms with Crippen LogP contribution in [0.15, 0.2) is 64.4 Å². The Kier molecular flexibility index (Phi) is 4.94. The molecule has 2 rings (SSSR count). The number of rotatable bonds is 4. The van der Waals surface area contributed by atoms with Crippen LogP contribution in [0.5, 0.6) is 0 Å². The third-order valence-electron chi connectivity index (χ3n) is 2.98. The van der Waals surface area contributed by atoms with Gasteiger partial charge in [0.05, 0.1) is 4.90 Å². The second kappa shape index (κ2) is 6.90. The molecule has 23 heavy (non-hydrogen) atoms. The highest BCUT2D eigenvalue weighted by Gasteiger charge is 2.20. The van der Waals surface area contributed by atoms with Gasteiger partial charge in [0, 0.05) is 12.6 Å². The fourth-order valence-corrected chi connectivity index (χ4v) is 3.09. The van der Waals surface area contributed by atoms with E-state index in [1.807, 2.05) is 0 Å². The molecule has 0 bridgehead atoms. The molecule has 1 N–H and O–H groups in total. The molecule has 0 heterocycles. The average Bonchev–Trinajstić information content (AvgIpc) is 2.54. The number of nitrogens with one attached hydrogen (secondary N) is 1. The lowest BCUT2D eigenvalue weighted by Crippen LogP contribution is -2.05. The van der Waals surface area contributed by atoms with Crippen molar-refractivity contribution < 1.29 is 13.2 Å². The largest absolute Gasteiger partial charge is 0.326 e. The molecule has 6 heteroatoms. The van der Waals surface area contributed by atoms with Crippen LogP contribution in [0.2, 0.25) is 0 Å². The third kappa shape index (κ3) is 4.05. The topological polar surface area (TPSA) is 87.0 Å². The minimum Gasteiger partial charge on any atom is -0.326 e. The van der Waals surface area contributed by atoms with E-state index in [0.717, 1.165) is 0 Å². The van der Waals surface area contributed by atoms with E-state index in [1.165, 1.54) is 25.1 Å². The molecule has 2 aromatic carbocycles. The second-order valence-corrected chi connectivity index (χ2v) is 6.66. The van der Waals surface area contributed by atoms with Crippen molar-refractivity contribution in [1.29, 1.82) is 5.26 Å². The van der Waals surface area contributed by atoms with E-state index in [4.69, 9.17) is 0 Å². The molecule has 0 radical (unpaired) electrons. The van der Waals surface area contributed by atoms with Crippen molar-refractivity contribution in [2.24, 2.45) is 0 Å². The van der Waals surface area contributed by atoms with Crippen LogP contribution in [0.4, 0.5) is 5.69 Å². The van der Waals surface area contributed by atoms with Gasteiger partial charge in [-0.1, -0.05) is 30.3 Å². The van der Waals surface area contributed by atoms with Crippen LogP contribution in [0, 0.1) is 11.3 Å². The zero-order valence-corrected chi connectivity index (χ0v) is 13.2. The van der Waals surface area contributed by atoms with Crippen LogP contribution in [0.25, 0.3) is 6.08 Å². The van der Waals surface area contributed by atoms with E-state index in [-0.39, 0.29) is 15.7 Å². The SMILES string of the molecule is CC(=O)Nc1ccc(/C=C(\C#N)S(=O)(=O)c2ccccc2)cc1. The lowest BCUT2D eigenvalue weighted by Gasteiger charge is -2.04. The highest BCUT2D eigenvalue weighted by Crippen LogP contribution is 2.21. The van der Waals surface area contributed by atoms with Gasteiger partial charge in [-0.2, -0.15) is 5.26 Å². The average molecular weight is 326 g/mol. The van der Waals surface area contributed by atoms with Crippen LogP contribution in [0.3, 0.4) is 0 Å². The lowest BCUT2D eigenvalue weighted by molar-refractivity contribution is -0.114. The van der Waals surface area contributed by atoms with Crippen molar-refractivity contribution in [2.45, 2.75) is 11.8 Å². The Morgan fingerprint density at radius 1 is 1.09 bits per heavy atom. The van der Waals surface area contributed by atoms with E-state index >= 15 is 0 Å². The van der Waals surface area contributed by atoms with Crippen molar-refractivity contribution in [3.05, 3.63) is 65.1 Å². The summed E-state index contributed by atoms with van der Waals surface area (Å²) in [5.41, 5.74) is 1.15. The molecule has 116 valence electrons. The first kappa shape index (κ1) is 16.5. The molecule has 0 aliphatic heterocycles. The van der Waals surface area contributed by atoms with Gasteiger partial charge in [0.1, 0.15) is 11.0 Å². The smallest absolute Gasteiger partial charge is 0.221 e. The van der Waals surface area contributed by atoms with Crippen molar-refractivity contribution in [2.75, 3.05) is 5.32 Å². The molecule has 2 aromatic rings. The van der Waals surface area contributed by atoms with Gasteiger partial charge in [0.15, 0.2) is 0 Å². The molecule has 0 saturated carbocycles. The number of nitrogens with zero attached hydrogens (tertiary/aromatic N) is 1. The highest BCUT2D eigenvalue weighted by molar-refractivity contribution is 7.95. The molecule has 0 aliphatic rings. The van der Waals surface area contributed by atoms with Crippen molar-refractivity contribution in [1.82, 2.24) is 0 Å². The number of allylic oxidation sites excluding steroid dienone is 1. The van der Waals surface area contributed by atoms with Crippen molar-refractivity contribution in [3.63, 3.8) is 0 Å². The van der Waals surface area contributed by atoms with E-state index < -0.39 is 9.84 Å². The van der Waals surface area contributed by atoms with Gasteiger partial charge in [0.2, 0.25) is 15.7 Å². The summed E-state index contributed by atoms with van der Waals surface area (Å²) >= 11 is 0. The first-order valence-electron chi connectivity index (χ1n) is 6.73. The molecule has 0 spiro atoms. The van der Waals surface area contributed by atoms with Crippen LogP contribution >= 0.6 is 0 Å². The number of carbonyl (C=O) groups excluding carboxylic acids is 1. The van der Waals surface area contributed by atoms with E-state index in [0.29, 0.717) is 11.3 Å².